The van der Waals surface area contributed by atoms with Crippen molar-refractivity contribution in [2.24, 2.45) is 0 Å². The SMILES string of the molecule is Cc1[nH]c(/C=C2\C(=O)Nc3ccc(Cl)cc32)c(C)c1C(=O)NCC(O)CN1CC(C)OC(C)C1. The number of rotatable bonds is 6. The average molecular weight is 487 g/mol. The zero-order valence-corrected chi connectivity index (χ0v) is 20.6. The number of aliphatic hydroxyl groups excluding tert-OH is 1. The number of amides is 2. The molecule has 1 fully saturated rings. The van der Waals surface area contributed by atoms with Gasteiger partial charge in [-0.3, -0.25) is 14.5 Å². The smallest absolute Gasteiger partial charge is 0.256 e. The standard InChI is InChI=1S/C25H31ClN4O4/c1-13-10-30(11-14(2)34-13)12-18(31)9-27-25(33)23-15(3)22(28-16(23)4)8-20-19-7-17(26)5-6-21(19)29-24(20)32/h5-8,13-14,18,28,31H,9-12H2,1-4H3,(H,27,33)(H,29,32)/b20-8-. The van der Waals surface area contributed by atoms with E-state index in [1.165, 1.54) is 0 Å². The fraction of sp³-hybridized carbons (Fsp3) is 0.440. The number of fused-ring (bicyclic) bond motifs is 1. The Labute approximate surface area is 204 Å². The molecule has 34 heavy (non-hydrogen) atoms. The molecular weight excluding hydrogens is 456 g/mol. The van der Waals surface area contributed by atoms with Crippen molar-refractivity contribution in [3.63, 3.8) is 0 Å². The van der Waals surface area contributed by atoms with E-state index in [2.05, 4.69) is 20.5 Å². The summed E-state index contributed by atoms with van der Waals surface area (Å²) in [6.07, 6.45) is 1.29. The predicted molar refractivity (Wildman–Crippen MR) is 133 cm³/mol. The lowest BCUT2D eigenvalue weighted by Gasteiger charge is -2.36. The molecule has 0 saturated carbocycles. The van der Waals surface area contributed by atoms with E-state index in [1.54, 1.807) is 24.3 Å². The second-order valence-electron chi connectivity index (χ2n) is 9.21. The van der Waals surface area contributed by atoms with Crippen LogP contribution >= 0.6 is 11.6 Å². The van der Waals surface area contributed by atoms with Crippen molar-refractivity contribution in [2.45, 2.75) is 46.0 Å². The number of morpholine rings is 1. The number of hydrogen-bond donors (Lipinski definition) is 4. The van der Waals surface area contributed by atoms with Crippen LogP contribution in [0.1, 0.15) is 46.7 Å². The summed E-state index contributed by atoms with van der Waals surface area (Å²) in [4.78, 5) is 30.8. The van der Waals surface area contributed by atoms with Gasteiger partial charge in [-0.2, -0.15) is 0 Å². The highest BCUT2D eigenvalue weighted by atomic mass is 35.5. The molecule has 9 heteroatoms. The Balaban J connectivity index is 1.44. The van der Waals surface area contributed by atoms with Crippen LogP contribution in [-0.4, -0.2) is 71.3 Å². The minimum atomic E-state index is -0.689. The molecule has 2 aliphatic rings. The molecule has 2 amide bonds. The number of H-pyrrole nitrogens is 1. The third kappa shape index (κ3) is 5.20. The molecule has 1 aromatic heterocycles. The first kappa shape index (κ1) is 24.5. The van der Waals surface area contributed by atoms with Crippen molar-refractivity contribution in [3.8, 4) is 0 Å². The van der Waals surface area contributed by atoms with E-state index >= 15 is 0 Å². The number of hydrogen-bond acceptors (Lipinski definition) is 5. The summed E-state index contributed by atoms with van der Waals surface area (Å²) in [5.41, 5.74) is 4.53. The molecule has 182 valence electrons. The highest BCUT2D eigenvalue weighted by Crippen LogP contribution is 2.35. The zero-order valence-electron chi connectivity index (χ0n) is 19.9. The molecule has 4 rings (SSSR count). The van der Waals surface area contributed by atoms with Crippen LogP contribution in [0.2, 0.25) is 5.02 Å². The summed E-state index contributed by atoms with van der Waals surface area (Å²) in [5, 5.41) is 16.7. The van der Waals surface area contributed by atoms with Crippen LogP contribution < -0.4 is 10.6 Å². The minimum absolute atomic E-state index is 0.119. The largest absolute Gasteiger partial charge is 0.390 e. The fourth-order valence-electron chi connectivity index (χ4n) is 4.80. The van der Waals surface area contributed by atoms with Crippen LogP contribution in [-0.2, 0) is 9.53 Å². The Morgan fingerprint density at radius 1 is 1.32 bits per heavy atom. The number of carbonyl (C=O) groups excluding carboxylic acids is 2. The Morgan fingerprint density at radius 2 is 2.03 bits per heavy atom. The van der Waals surface area contributed by atoms with E-state index in [0.717, 1.165) is 24.2 Å². The van der Waals surface area contributed by atoms with E-state index in [4.69, 9.17) is 16.3 Å². The average Bonchev–Trinajstić information content (AvgIpc) is 3.20. The molecule has 3 unspecified atom stereocenters. The first-order valence-electron chi connectivity index (χ1n) is 11.5. The summed E-state index contributed by atoms with van der Waals surface area (Å²) in [6, 6.07) is 5.24. The number of carbonyl (C=O) groups is 2. The third-order valence-corrected chi connectivity index (χ3v) is 6.45. The number of aromatic nitrogens is 1. The van der Waals surface area contributed by atoms with Gasteiger partial charge in [0.05, 0.1) is 29.4 Å². The van der Waals surface area contributed by atoms with Crippen molar-refractivity contribution >= 4 is 40.8 Å². The molecule has 1 aromatic carbocycles. The lowest BCUT2D eigenvalue weighted by molar-refractivity contribution is -0.110. The van der Waals surface area contributed by atoms with E-state index < -0.39 is 6.10 Å². The molecule has 4 N–H and O–H groups in total. The molecule has 8 nitrogen and oxygen atoms in total. The Bertz CT molecular complexity index is 1130. The van der Waals surface area contributed by atoms with Gasteiger partial charge in [0.1, 0.15) is 0 Å². The van der Waals surface area contributed by atoms with Gasteiger partial charge in [0.25, 0.3) is 11.8 Å². The minimum Gasteiger partial charge on any atom is -0.390 e. The predicted octanol–water partition coefficient (Wildman–Crippen LogP) is 2.98. The van der Waals surface area contributed by atoms with Gasteiger partial charge in [0, 0.05) is 53.8 Å². The maximum atomic E-state index is 13.0. The highest BCUT2D eigenvalue weighted by Gasteiger charge is 2.27. The molecule has 2 aliphatic heterocycles. The molecule has 0 spiro atoms. The van der Waals surface area contributed by atoms with Crippen molar-refractivity contribution < 1.29 is 19.4 Å². The number of aryl methyl sites for hydroxylation is 1. The molecule has 3 heterocycles. The second-order valence-corrected chi connectivity index (χ2v) is 9.64. The van der Waals surface area contributed by atoms with Crippen molar-refractivity contribution in [1.29, 1.82) is 0 Å². The Kier molecular flexibility index (Phi) is 7.14. The molecule has 3 atom stereocenters. The van der Waals surface area contributed by atoms with Gasteiger partial charge in [-0.15, -0.1) is 0 Å². The quantitative estimate of drug-likeness (QED) is 0.470. The molecule has 0 bridgehead atoms. The van der Waals surface area contributed by atoms with Gasteiger partial charge in [-0.05, 0) is 57.5 Å². The van der Waals surface area contributed by atoms with Crippen molar-refractivity contribution in [3.05, 3.63) is 51.3 Å². The maximum Gasteiger partial charge on any atom is 0.256 e. The second kappa shape index (κ2) is 9.92. The summed E-state index contributed by atoms with van der Waals surface area (Å²) in [5.74, 6) is -0.484. The summed E-state index contributed by atoms with van der Waals surface area (Å²) < 4.78 is 5.73. The van der Waals surface area contributed by atoms with Crippen LogP contribution in [0, 0.1) is 13.8 Å². The van der Waals surface area contributed by atoms with Gasteiger partial charge in [-0.25, -0.2) is 0 Å². The number of aliphatic hydroxyl groups is 1. The van der Waals surface area contributed by atoms with Crippen LogP contribution in [0.25, 0.3) is 11.6 Å². The Morgan fingerprint density at radius 3 is 2.74 bits per heavy atom. The fourth-order valence-corrected chi connectivity index (χ4v) is 4.97. The highest BCUT2D eigenvalue weighted by molar-refractivity contribution is 6.36. The number of anilines is 1. The first-order chi connectivity index (χ1) is 16.1. The number of ether oxygens (including phenoxy) is 1. The monoisotopic (exact) mass is 486 g/mol. The molecule has 1 saturated heterocycles. The van der Waals surface area contributed by atoms with Crippen LogP contribution in [0.5, 0.6) is 0 Å². The van der Waals surface area contributed by atoms with Crippen LogP contribution in [0.3, 0.4) is 0 Å². The maximum absolute atomic E-state index is 13.0. The van der Waals surface area contributed by atoms with Crippen LogP contribution in [0.4, 0.5) is 5.69 Å². The molecule has 2 aromatic rings. The molecule has 0 aliphatic carbocycles. The number of nitrogens with zero attached hydrogens (tertiary/aromatic N) is 1. The van der Waals surface area contributed by atoms with Crippen molar-refractivity contribution in [2.75, 3.05) is 31.5 Å². The molecule has 0 radical (unpaired) electrons. The van der Waals surface area contributed by atoms with Gasteiger partial charge >= 0.3 is 0 Å². The number of halogens is 1. The van der Waals surface area contributed by atoms with Gasteiger partial charge in [0.2, 0.25) is 0 Å². The number of nitrogens with one attached hydrogen (secondary N) is 3. The number of β-amino-alcohol motifs (C(OH)–C–C–N with tert-alkyl or cyclic N) is 1. The van der Waals surface area contributed by atoms with E-state index in [9.17, 15) is 14.7 Å². The lowest BCUT2D eigenvalue weighted by atomic mass is 10.0. The number of benzene rings is 1. The topological polar surface area (TPSA) is 107 Å². The lowest BCUT2D eigenvalue weighted by Crippen LogP contribution is -2.49. The van der Waals surface area contributed by atoms with Gasteiger partial charge in [-0.1, -0.05) is 11.6 Å². The summed E-state index contributed by atoms with van der Waals surface area (Å²) in [7, 11) is 0. The van der Waals surface area contributed by atoms with Gasteiger partial charge in [0.15, 0.2) is 0 Å². The summed E-state index contributed by atoms with van der Waals surface area (Å²) >= 11 is 6.12. The molecular formula is C25H31ClN4O4. The first-order valence-corrected chi connectivity index (χ1v) is 11.9. The number of aromatic amines is 1. The van der Waals surface area contributed by atoms with Crippen LogP contribution in [0.15, 0.2) is 18.2 Å². The van der Waals surface area contributed by atoms with Gasteiger partial charge < -0.3 is 25.5 Å². The van der Waals surface area contributed by atoms with Crippen molar-refractivity contribution in [1.82, 2.24) is 15.2 Å². The third-order valence-electron chi connectivity index (χ3n) is 6.22. The summed E-state index contributed by atoms with van der Waals surface area (Å²) in [6.45, 7) is 9.81. The normalized spacial score (nSPS) is 22.5. The van der Waals surface area contributed by atoms with E-state index in [0.29, 0.717) is 39.8 Å². The zero-order chi connectivity index (χ0) is 24.6. The Hall–Kier alpha value is -2.65. The van der Waals surface area contributed by atoms with E-state index in [-0.39, 0.29) is 30.6 Å². The van der Waals surface area contributed by atoms with E-state index in [1.807, 2.05) is 27.7 Å².